The van der Waals surface area contributed by atoms with Gasteiger partial charge in [0.15, 0.2) is 0 Å². The van der Waals surface area contributed by atoms with Crippen molar-refractivity contribution in [1.29, 1.82) is 0 Å². The molecule has 5 rings (SSSR count). The predicted molar refractivity (Wildman–Crippen MR) is 141 cm³/mol. The van der Waals surface area contributed by atoms with Crippen LogP contribution in [0.1, 0.15) is 12.8 Å². The minimum atomic E-state index is -4.03. The quantitative estimate of drug-likeness (QED) is 0.416. The van der Waals surface area contributed by atoms with Crippen LogP contribution < -0.4 is 0 Å². The summed E-state index contributed by atoms with van der Waals surface area (Å²) in [4.78, 5) is 34.6. The fourth-order valence-electron chi connectivity index (χ4n) is 6.10. The Labute approximate surface area is 226 Å². The van der Waals surface area contributed by atoms with Crippen molar-refractivity contribution < 1.29 is 27.5 Å². The summed E-state index contributed by atoms with van der Waals surface area (Å²) in [5.41, 5.74) is -0.745. The lowest BCUT2D eigenvalue weighted by Crippen LogP contribution is -2.70. The molecule has 1 atom stereocenters. The van der Waals surface area contributed by atoms with Crippen LogP contribution in [-0.4, -0.2) is 116 Å². The summed E-state index contributed by atoms with van der Waals surface area (Å²) in [6, 6.07) is 6.65. The maximum atomic E-state index is 13.8. The number of piperidine rings is 1. The van der Waals surface area contributed by atoms with E-state index in [2.05, 4.69) is 9.88 Å². The smallest absolute Gasteiger partial charge is 0.259 e. The molecule has 4 heterocycles. The van der Waals surface area contributed by atoms with Crippen LogP contribution in [0.5, 0.6) is 0 Å². The van der Waals surface area contributed by atoms with E-state index in [1.165, 1.54) is 23.8 Å². The van der Waals surface area contributed by atoms with E-state index in [-0.39, 0.29) is 36.5 Å². The summed E-state index contributed by atoms with van der Waals surface area (Å²) >= 11 is 6.09. The van der Waals surface area contributed by atoms with Gasteiger partial charge in [-0.25, -0.2) is 8.42 Å². The van der Waals surface area contributed by atoms with Crippen LogP contribution in [-0.2, 0) is 29.1 Å². The van der Waals surface area contributed by atoms with Gasteiger partial charge in [0.25, 0.3) is 10.0 Å². The number of aromatic nitrogens is 1. The van der Waals surface area contributed by atoms with Gasteiger partial charge in [-0.3, -0.25) is 14.5 Å². The van der Waals surface area contributed by atoms with Crippen molar-refractivity contribution >= 4 is 44.3 Å². The lowest BCUT2D eigenvalue weighted by Gasteiger charge is -2.50. The number of likely N-dealkylation sites (N-methyl/N-ethyl adjacent to an activating group) is 1. The number of nitrogens with one attached hydrogen (secondary N) is 1. The molecule has 1 N–H and O–H groups in total. The topological polar surface area (TPSA) is 115 Å². The molecule has 0 bridgehead atoms. The number of fused-ring (bicyclic) bond motifs is 2. The van der Waals surface area contributed by atoms with Crippen molar-refractivity contribution in [1.82, 2.24) is 24.0 Å². The minimum Gasteiger partial charge on any atom is -0.504 e. The lowest BCUT2D eigenvalue weighted by molar-refractivity contribution is -0.152. The first-order chi connectivity index (χ1) is 18.1. The molecular formula is C25H32ClN5O6S. The second-order valence-corrected chi connectivity index (χ2v) is 12.5. The number of nitrogens with zero attached hydrogens (tertiary/aromatic N) is 4. The van der Waals surface area contributed by atoms with Crippen LogP contribution in [0.2, 0.25) is 5.02 Å². The standard InChI is InChI=1S/C25H32ClN5O6S/c1-28-24(7-9-29(10-8-24)22(32)6-11-36-2)15-31-23(33)14-30(16-25(28,31)17-37-3)38(34,35)21-13-18-12-19(26)4-5-20(18)27-21/h4-6,11-13,27H,7-10,14-17H2,1-3H3. The Bertz CT molecular complexity index is 1390. The van der Waals surface area contributed by atoms with Crippen molar-refractivity contribution in [2.45, 2.75) is 29.1 Å². The fraction of sp³-hybridized carbons (Fsp3) is 0.520. The number of halogens is 1. The summed E-state index contributed by atoms with van der Waals surface area (Å²) in [7, 11) is 0.938. The molecule has 1 aromatic heterocycles. The molecule has 3 aliphatic heterocycles. The largest absolute Gasteiger partial charge is 0.504 e. The van der Waals surface area contributed by atoms with Gasteiger partial charge in [0.05, 0.1) is 33.1 Å². The monoisotopic (exact) mass is 565 g/mol. The normalized spacial score (nSPS) is 24.6. The van der Waals surface area contributed by atoms with E-state index in [1.54, 1.807) is 41.2 Å². The van der Waals surface area contributed by atoms with Crippen LogP contribution >= 0.6 is 11.6 Å². The molecule has 1 aromatic carbocycles. The second-order valence-electron chi connectivity index (χ2n) is 10.2. The number of aromatic amines is 1. The van der Waals surface area contributed by atoms with Gasteiger partial charge >= 0.3 is 0 Å². The number of H-pyrrole nitrogens is 1. The van der Waals surface area contributed by atoms with Gasteiger partial charge in [0.1, 0.15) is 10.7 Å². The van der Waals surface area contributed by atoms with Crippen molar-refractivity contribution in [3.05, 3.63) is 41.6 Å². The number of hydrogen-bond donors (Lipinski definition) is 1. The van der Waals surface area contributed by atoms with Crippen LogP contribution in [0.4, 0.5) is 0 Å². The SMILES string of the molecule is COC=CC(=O)N1CCC2(CC1)CN1C(=O)CN(S(=O)(=O)c3cc4cc(Cl)ccc4[nH]3)CC1(COC)N2C. The number of hydrogen-bond acceptors (Lipinski definition) is 7. The average Bonchev–Trinajstić information content (AvgIpc) is 3.42. The Kier molecular flexibility index (Phi) is 6.97. The maximum Gasteiger partial charge on any atom is 0.259 e. The third-order valence-corrected chi connectivity index (χ3v) is 10.2. The number of rotatable bonds is 6. The predicted octanol–water partition coefficient (Wildman–Crippen LogP) is 1.46. The maximum absolute atomic E-state index is 13.8. The summed E-state index contributed by atoms with van der Waals surface area (Å²) in [6.45, 7) is 1.41. The second kappa shape index (κ2) is 9.83. The van der Waals surface area contributed by atoms with E-state index < -0.39 is 21.2 Å². The van der Waals surface area contributed by atoms with Crippen LogP contribution in [0, 0.1) is 0 Å². The fourth-order valence-corrected chi connectivity index (χ4v) is 7.73. The van der Waals surface area contributed by atoms with Crippen LogP contribution in [0.25, 0.3) is 10.9 Å². The van der Waals surface area contributed by atoms with Gasteiger partial charge in [-0.05, 0) is 44.2 Å². The Balaban J connectivity index is 1.43. The van der Waals surface area contributed by atoms with Gasteiger partial charge in [-0.15, -0.1) is 0 Å². The van der Waals surface area contributed by atoms with Gasteiger partial charge in [-0.1, -0.05) is 11.6 Å². The first kappa shape index (κ1) is 26.9. The zero-order valence-corrected chi connectivity index (χ0v) is 23.2. The number of benzene rings is 1. The number of sulfonamides is 1. The summed E-state index contributed by atoms with van der Waals surface area (Å²) in [5.74, 6) is -0.402. The molecule has 3 fully saturated rings. The first-order valence-electron chi connectivity index (χ1n) is 12.4. The molecule has 0 aliphatic carbocycles. The molecule has 3 aliphatic rings. The Morgan fingerprint density at radius 2 is 1.92 bits per heavy atom. The van der Waals surface area contributed by atoms with E-state index in [0.29, 0.717) is 48.4 Å². The molecule has 0 saturated carbocycles. The number of carbonyl (C=O) groups is 2. The highest BCUT2D eigenvalue weighted by Gasteiger charge is 2.63. The highest BCUT2D eigenvalue weighted by molar-refractivity contribution is 7.89. The molecule has 1 spiro atoms. The molecule has 1 unspecified atom stereocenters. The van der Waals surface area contributed by atoms with Gasteiger partial charge in [0.2, 0.25) is 11.8 Å². The third kappa shape index (κ3) is 4.28. The number of methoxy groups -OCH3 is 2. The number of amides is 2. The molecule has 38 heavy (non-hydrogen) atoms. The van der Waals surface area contributed by atoms with Crippen molar-refractivity contribution in [3.63, 3.8) is 0 Å². The van der Waals surface area contributed by atoms with E-state index in [9.17, 15) is 18.0 Å². The van der Waals surface area contributed by atoms with Crippen LogP contribution in [0.15, 0.2) is 41.6 Å². The van der Waals surface area contributed by atoms with Gasteiger partial charge < -0.3 is 24.3 Å². The van der Waals surface area contributed by atoms with Crippen molar-refractivity contribution in [2.75, 3.05) is 60.6 Å². The zero-order chi connectivity index (χ0) is 27.3. The molecule has 3 saturated heterocycles. The van der Waals surface area contributed by atoms with E-state index >= 15 is 0 Å². The Morgan fingerprint density at radius 3 is 2.61 bits per heavy atom. The van der Waals surface area contributed by atoms with Crippen molar-refractivity contribution in [3.8, 4) is 0 Å². The molecule has 11 nitrogen and oxygen atoms in total. The average molecular weight is 566 g/mol. The van der Waals surface area contributed by atoms with E-state index in [1.807, 2.05) is 7.05 Å². The summed E-state index contributed by atoms with van der Waals surface area (Å²) < 4.78 is 39.2. The number of ether oxygens (including phenoxy) is 2. The van der Waals surface area contributed by atoms with E-state index in [0.717, 1.165) is 0 Å². The van der Waals surface area contributed by atoms with Crippen molar-refractivity contribution in [2.24, 2.45) is 0 Å². The Morgan fingerprint density at radius 1 is 1.18 bits per heavy atom. The van der Waals surface area contributed by atoms with Crippen LogP contribution in [0.3, 0.4) is 0 Å². The molecule has 206 valence electrons. The highest BCUT2D eigenvalue weighted by atomic mass is 35.5. The molecule has 0 radical (unpaired) electrons. The molecule has 2 amide bonds. The number of piperazine rings is 1. The summed E-state index contributed by atoms with van der Waals surface area (Å²) in [6.07, 6.45) is 4.04. The third-order valence-electron chi connectivity index (χ3n) is 8.24. The molecule has 2 aromatic rings. The molecule has 13 heteroatoms. The molecular weight excluding hydrogens is 534 g/mol. The number of carbonyl (C=O) groups excluding carboxylic acids is 2. The van der Waals surface area contributed by atoms with Gasteiger partial charge in [0, 0.05) is 54.3 Å². The first-order valence-corrected chi connectivity index (χ1v) is 14.2. The zero-order valence-electron chi connectivity index (χ0n) is 21.6. The lowest BCUT2D eigenvalue weighted by atomic mass is 9.86. The van der Waals surface area contributed by atoms with E-state index in [4.69, 9.17) is 21.1 Å². The Hall–Kier alpha value is -2.64. The highest BCUT2D eigenvalue weighted by Crippen LogP contribution is 2.45. The van der Waals surface area contributed by atoms with Gasteiger partial charge in [-0.2, -0.15) is 4.31 Å². The minimum absolute atomic E-state index is 0.00915. The number of likely N-dealkylation sites (tertiary alicyclic amines) is 1. The summed E-state index contributed by atoms with van der Waals surface area (Å²) in [5, 5.41) is 1.18.